The Morgan fingerprint density at radius 1 is 1.09 bits per heavy atom. The molecule has 1 aromatic heterocycles. The average Bonchev–Trinajstić information content (AvgIpc) is 3.25. The number of nitrogens with zero attached hydrogens (tertiary/aromatic N) is 3. The summed E-state index contributed by atoms with van der Waals surface area (Å²) in [5.74, 6) is -0.669. The number of ketones is 2. The molecule has 1 aromatic carbocycles. The molecular weight excluding hydrogens is 464 g/mol. The van der Waals surface area contributed by atoms with E-state index in [4.69, 9.17) is 19.7 Å². The highest BCUT2D eigenvalue weighted by Crippen LogP contribution is 2.36. The molecule has 11 nitrogen and oxygen atoms in total. The molecule has 0 saturated heterocycles. The fourth-order valence-corrected chi connectivity index (χ4v) is 4.15. The van der Waals surface area contributed by atoms with E-state index in [2.05, 4.69) is 15.3 Å². The third-order valence-corrected chi connectivity index (χ3v) is 5.94. The van der Waals surface area contributed by atoms with Crippen molar-refractivity contribution in [2.45, 2.75) is 38.6 Å². The molecule has 34 heavy (non-hydrogen) atoms. The van der Waals surface area contributed by atoms with Gasteiger partial charge in [-0.15, -0.1) is 11.3 Å². The summed E-state index contributed by atoms with van der Waals surface area (Å²) in [6.07, 6.45) is -0.269. The zero-order chi connectivity index (χ0) is 25.1. The lowest BCUT2D eigenvalue weighted by Crippen LogP contribution is -2.42. The number of thiophene rings is 1. The van der Waals surface area contributed by atoms with Crippen LogP contribution in [0.25, 0.3) is 20.5 Å². The number of benzene rings is 1. The standard InChI is InChI=1S/C22H26N4O7S/c1-4-33-22(30)15(6-5-14(27)12-24-26-23)25-21(29)8-7-16(28)20-10-13-9-17(31-2)18(32-3)11-19(13)34-20/h9-11,15H,4-8,12H2,1-3H3,(H,25,29)/t15-/m0/s1. The van der Waals surface area contributed by atoms with Crippen LogP contribution in [0.3, 0.4) is 0 Å². The first-order valence-electron chi connectivity index (χ1n) is 10.5. The van der Waals surface area contributed by atoms with Crippen molar-refractivity contribution in [1.82, 2.24) is 5.32 Å². The summed E-state index contributed by atoms with van der Waals surface area (Å²) in [6.45, 7) is 1.40. The first kappa shape index (κ1) is 26.6. The molecule has 0 aliphatic heterocycles. The molecule has 1 atom stereocenters. The SMILES string of the molecule is CCOC(=O)[C@H](CCC(=O)CN=[N+]=[N-])NC(=O)CCC(=O)c1cc2cc(OC)c(OC)cc2s1. The van der Waals surface area contributed by atoms with Gasteiger partial charge in [0.25, 0.3) is 0 Å². The Labute approximate surface area is 200 Å². The van der Waals surface area contributed by atoms with E-state index in [-0.39, 0.29) is 50.4 Å². The maximum absolute atomic E-state index is 12.7. The van der Waals surface area contributed by atoms with E-state index < -0.39 is 17.9 Å². The lowest BCUT2D eigenvalue weighted by atomic mass is 10.1. The average molecular weight is 491 g/mol. The number of ether oxygens (including phenoxy) is 3. The molecule has 182 valence electrons. The quantitative estimate of drug-likeness (QED) is 0.139. The molecule has 0 unspecified atom stereocenters. The highest BCUT2D eigenvalue weighted by molar-refractivity contribution is 7.20. The number of hydrogen-bond acceptors (Lipinski definition) is 9. The number of nitrogens with one attached hydrogen (secondary N) is 1. The number of azide groups is 1. The number of methoxy groups -OCH3 is 2. The fourth-order valence-electron chi connectivity index (χ4n) is 3.11. The van der Waals surface area contributed by atoms with Crippen molar-refractivity contribution < 1.29 is 33.4 Å². The molecule has 2 aromatic rings. The molecule has 0 radical (unpaired) electrons. The van der Waals surface area contributed by atoms with Crippen molar-refractivity contribution in [3.05, 3.63) is 33.5 Å². The van der Waals surface area contributed by atoms with Crippen molar-refractivity contribution in [2.75, 3.05) is 27.4 Å². The van der Waals surface area contributed by atoms with Crippen LogP contribution in [0, 0.1) is 0 Å². The number of rotatable bonds is 14. The highest BCUT2D eigenvalue weighted by Gasteiger charge is 2.23. The fraction of sp³-hybridized carbons (Fsp3) is 0.455. The van der Waals surface area contributed by atoms with E-state index in [0.717, 1.165) is 10.1 Å². The monoisotopic (exact) mass is 490 g/mol. The molecule has 12 heteroatoms. The Morgan fingerprint density at radius 2 is 1.79 bits per heavy atom. The van der Waals surface area contributed by atoms with E-state index in [1.165, 1.54) is 25.6 Å². The second-order valence-electron chi connectivity index (χ2n) is 7.12. The summed E-state index contributed by atoms with van der Waals surface area (Å²) in [5, 5.41) is 6.53. The predicted molar refractivity (Wildman–Crippen MR) is 125 cm³/mol. The van der Waals surface area contributed by atoms with Crippen LogP contribution >= 0.6 is 11.3 Å². The number of fused-ring (bicyclic) bond motifs is 1. The van der Waals surface area contributed by atoms with Gasteiger partial charge in [-0.1, -0.05) is 5.11 Å². The van der Waals surface area contributed by atoms with Crippen LogP contribution in [-0.4, -0.2) is 56.9 Å². The van der Waals surface area contributed by atoms with Crippen molar-refractivity contribution in [1.29, 1.82) is 0 Å². The molecule has 1 amide bonds. The van der Waals surface area contributed by atoms with Crippen LogP contribution < -0.4 is 14.8 Å². The van der Waals surface area contributed by atoms with E-state index >= 15 is 0 Å². The predicted octanol–water partition coefficient (Wildman–Crippen LogP) is 3.59. The van der Waals surface area contributed by atoms with E-state index in [1.54, 1.807) is 25.1 Å². The van der Waals surface area contributed by atoms with E-state index in [9.17, 15) is 19.2 Å². The Kier molecular flexibility index (Phi) is 10.3. The molecule has 0 fully saturated rings. The summed E-state index contributed by atoms with van der Waals surface area (Å²) in [5.41, 5.74) is 8.28. The minimum absolute atomic E-state index is 0.00170. The second kappa shape index (κ2) is 13.2. The zero-order valence-corrected chi connectivity index (χ0v) is 20.0. The zero-order valence-electron chi connectivity index (χ0n) is 19.2. The number of esters is 1. The van der Waals surface area contributed by atoms with Crippen LogP contribution in [0.15, 0.2) is 23.3 Å². The van der Waals surface area contributed by atoms with Gasteiger partial charge in [0.1, 0.15) is 11.8 Å². The van der Waals surface area contributed by atoms with Crippen LogP contribution in [0.4, 0.5) is 0 Å². The molecular formula is C22H26N4O7S. The lowest BCUT2D eigenvalue weighted by molar-refractivity contribution is -0.147. The molecule has 0 aliphatic rings. The third-order valence-electron chi connectivity index (χ3n) is 4.80. The molecule has 0 saturated carbocycles. The summed E-state index contributed by atoms with van der Waals surface area (Å²) < 4.78 is 16.4. The maximum Gasteiger partial charge on any atom is 0.328 e. The molecule has 0 bridgehead atoms. The highest BCUT2D eigenvalue weighted by atomic mass is 32.1. The van der Waals surface area contributed by atoms with Gasteiger partial charge in [-0.2, -0.15) is 0 Å². The first-order valence-corrected chi connectivity index (χ1v) is 11.3. The molecule has 1 heterocycles. The summed E-state index contributed by atoms with van der Waals surface area (Å²) in [6, 6.07) is 4.26. The van der Waals surface area contributed by atoms with Gasteiger partial charge < -0.3 is 19.5 Å². The maximum atomic E-state index is 12.7. The second-order valence-corrected chi connectivity index (χ2v) is 8.20. The minimum Gasteiger partial charge on any atom is -0.493 e. The normalized spacial score (nSPS) is 11.3. The van der Waals surface area contributed by atoms with E-state index in [0.29, 0.717) is 16.4 Å². The van der Waals surface area contributed by atoms with Crippen molar-refractivity contribution in [2.24, 2.45) is 5.11 Å². The van der Waals surface area contributed by atoms with Crippen molar-refractivity contribution in [3.8, 4) is 11.5 Å². The van der Waals surface area contributed by atoms with Gasteiger partial charge in [-0.25, -0.2) is 4.79 Å². The Morgan fingerprint density at radius 3 is 2.44 bits per heavy atom. The topological polar surface area (TPSA) is 157 Å². The van der Waals surface area contributed by atoms with Crippen LogP contribution in [0.1, 0.15) is 42.3 Å². The summed E-state index contributed by atoms with van der Waals surface area (Å²) >= 11 is 1.29. The van der Waals surface area contributed by atoms with Crippen molar-refractivity contribution in [3.63, 3.8) is 0 Å². The van der Waals surface area contributed by atoms with Crippen molar-refractivity contribution >= 4 is 44.9 Å². The smallest absolute Gasteiger partial charge is 0.328 e. The van der Waals surface area contributed by atoms with Crippen LogP contribution in [-0.2, 0) is 19.1 Å². The van der Waals surface area contributed by atoms with Gasteiger partial charge in [0.2, 0.25) is 5.91 Å². The number of carbonyl (C=O) groups excluding carboxylic acids is 4. The lowest BCUT2D eigenvalue weighted by Gasteiger charge is -2.16. The third kappa shape index (κ3) is 7.46. The minimum atomic E-state index is -1.04. The Hall–Kier alpha value is -3.63. The summed E-state index contributed by atoms with van der Waals surface area (Å²) in [4.78, 5) is 51.9. The number of Topliss-reactive ketones (excluding diaryl/α,β-unsaturated/α-hetero) is 2. The van der Waals surface area contributed by atoms with Gasteiger partial charge in [0, 0.05) is 34.9 Å². The van der Waals surface area contributed by atoms with Gasteiger partial charge in [0.15, 0.2) is 17.3 Å². The molecule has 0 aliphatic carbocycles. The Balaban J connectivity index is 1.98. The largest absolute Gasteiger partial charge is 0.493 e. The molecule has 1 N–H and O–H groups in total. The van der Waals surface area contributed by atoms with Gasteiger partial charge in [-0.3, -0.25) is 14.4 Å². The van der Waals surface area contributed by atoms with Gasteiger partial charge in [0.05, 0.1) is 32.2 Å². The van der Waals surface area contributed by atoms with Crippen LogP contribution in [0.2, 0.25) is 0 Å². The Bertz CT molecular complexity index is 1070. The first-order chi connectivity index (χ1) is 16.3. The number of carbonyl (C=O) groups is 4. The summed E-state index contributed by atoms with van der Waals surface area (Å²) in [7, 11) is 3.06. The number of hydrogen-bond donors (Lipinski definition) is 1. The van der Waals surface area contributed by atoms with Gasteiger partial charge in [-0.05, 0) is 36.4 Å². The van der Waals surface area contributed by atoms with Crippen LogP contribution in [0.5, 0.6) is 11.5 Å². The molecule has 2 rings (SSSR count). The van der Waals surface area contributed by atoms with Gasteiger partial charge >= 0.3 is 5.97 Å². The molecule has 0 spiro atoms. The van der Waals surface area contributed by atoms with E-state index in [1.807, 2.05) is 0 Å². The number of amides is 1.